The van der Waals surface area contributed by atoms with E-state index in [4.69, 9.17) is 10.5 Å². The second kappa shape index (κ2) is 7.82. The molecule has 1 aliphatic rings. The molecule has 3 aromatic rings. The predicted octanol–water partition coefficient (Wildman–Crippen LogP) is 2.13. The molecule has 2 aromatic heterocycles. The Labute approximate surface area is 174 Å². The lowest BCUT2D eigenvalue weighted by molar-refractivity contribution is 0.0363. The van der Waals surface area contributed by atoms with Crippen LogP contribution in [0.4, 0.5) is 13.2 Å². The fourth-order valence-corrected chi connectivity index (χ4v) is 3.45. The van der Waals surface area contributed by atoms with E-state index in [-0.39, 0.29) is 29.4 Å². The number of aromatic nitrogens is 4. The second-order valence-electron chi connectivity index (χ2n) is 6.95. The summed E-state index contributed by atoms with van der Waals surface area (Å²) in [5.74, 6) is -1.23. The average molecular weight is 430 g/mol. The fourth-order valence-electron chi connectivity index (χ4n) is 3.45. The Balaban J connectivity index is 1.69. The Morgan fingerprint density at radius 2 is 2.10 bits per heavy atom. The number of amidine groups is 1. The van der Waals surface area contributed by atoms with Crippen molar-refractivity contribution < 1.29 is 22.7 Å². The number of halogens is 3. The zero-order valence-electron chi connectivity index (χ0n) is 16.3. The quantitative estimate of drug-likeness (QED) is 0.600. The molecule has 0 amide bonds. The normalized spacial score (nSPS) is 17.9. The molecule has 1 unspecified atom stereocenters. The summed E-state index contributed by atoms with van der Waals surface area (Å²) < 4.78 is 49.5. The number of hydrogen-bond donors (Lipinski definition) is 1. The van der Waals surface area contributed by atoms with Gasteiger partial charge in [0.2, 0.25) is 5.88 Å². The third-order valence-electron chi connectivity index (χ3n) is 5.04. The molecule has 0 spiro atoms. The van der Waals surface area contributed by atoms with Crippen LogP contribution in [0.15, 0.2) is 47.8 Å². The lowest BCUT2D eigenvalue weighted by Crippen LogP contribution is -2.45. The number of carbonyl (C=O) groups is 1. The standard InChI is InChI=1S/C20H17F3N6O2/c1-31-17-9-25-14(8-26-17)16(30)7-11-2-3-13(21)12(6-11)20(19(22)23)10-29-15(4-5-27-29)18(24)28-20/h2-6,8-9,19H,7,10H2,1H3,(H2,24,28). The van der Waals surface area contributed by atoms with Gasteiger partial charge in [-0.25, -0.2) is 28.1 Å². The maximum Gasteiger partial charge on any atom is 0.269 e. The number of aliphatic imine (C=N–C) groups is 1. The summed E-state index contributed by atoms with van der Waals surface area (Å²) >= 11 is 0. The van der Waals surface area contributed by atoms with E-state index in [0.29, 0.717) is 11.3 Å². The van der Waals surface area contributed by atoms with Gasteiger partial charge in [0.1, 0.15) is 23.0 Å². The maximum atomic E-state index is 14.7. The molecule has 0 fully saturated rings. The Hall–Kier alpha value is -3.76. The van der Waals surface area contributed by atoms with Gasteiger partial charge in [-0.3, -0.25) is 9.48 Å². The van der Waals surface area contributed by atoms with Crippen LogP contribution in [0.5, 0.6) is 5.88 Å². The van der Waals surface area contributed by atoms with Crippen LogP contribution in [-0.2, 0) is 18.5 Å². The number of hydrogen-bond acceptors (Lipinski definition) is 7. The largest absolute Gasteiger partial charge is 0.480 e. The van der Waals surface area contributed by atoms with Gasteiger partial charge in [-0.1, -0.05) is 6.07 Å². The molecule has 1 aromatic carbocycles. The van der Waals surface area contributed by atoms with Crippen molar-refractivity contribution in [3.8, 4) is 5.88 Å². The summed E-state index contributed by atoms with van der Waals surface area (Å²) in [5, 5.41) is 3.99. The van der Waals surface area contributed by atoms with Crippen LogP contribution in [0.25, 0.3) is 0 Å². The maximum absolute atomic E-state index is 14.7. The number of Topliss-reactive ketones (excluding diaryl/α,β-unsaturated/α-hetero) is 1. The summed E-state index contributed by atoms with van der Waals surface area (Å²) in [6.07, 6.45) is 0.672. The monoisotopic (exact) mass is 430 g/mol. The number of ether oxygens (including phenoxy) is 1. The molecule has 0 radical (unpaired) electrons. The Morgan fingerprint density at radius 1 is 1.29 bits per heavy atom. The van der Waals surface area contributed by atoms with Gasteiger partial charge in [0, 0.05) is 18.2 Å². The van der Waals surface area contributed by atoms with Gasteiger partial charge in [-0.05, 0) is 23.8 Å². The summed E-state index contributed by atoms with van der Waals surface area (Å²) in [4.78, 5) is 24.4. The molecule has 11 heteroatoms. The molecule has 0 aliphatic carbocycles. The highest BCUT2D eigenvalue weighted by Gasteiger charge is 2.47. The third-order valence-corrected chi connectivity index (χ3v) is 5.04. The molecule has 2 N–H and O–H groups in total. The molecular formula is C20H17F3N6O2. The van der Waals surface area contributed by atoms with Crippen LogP contribution >= 0.6 is 0 Å². The number of methoxy groups -OCH3 is 1. The average Bonchev–Trinajstić information content (AvgIpc) is 3.24. The highest BCUT2D eigenvalue weighted by Crippen LogP contribution is 2.39. The summed E-state index contributed by atoms with van der Waals surface area (Å²) in [5.41, 5.74) is 3.99. The fraction of sp³-hybridized carbons (Fsp3) is 0.250. The van der Waals surface area contributed by atoms with E-state index in [1.54, 1.807) is 0 Å². The molecular weight excluding hydrogens is 413 g/mol. The van der Waals surface area contributed by atoms with E-state index in [2.05, 4.69) is 20.1 Å². The van der Waals surface area contributed by atoms with Crippen molar-refractivity contribution in [2.45, 2.75) is 24.9 Å². The molecule has 0 saturated carbocycles. The van der Waals surface area contributed by atoms with Crippen LogP contribution in [0, 0.1) is 5.82 Å². The predicted molar refractivity (Wildman–Crippen MR) is 104 cm³/mol. The SMILES string of the molecule is COc1cnc(C(=O)Cc2ccc(F)c(C3(C(F)F)Cn4nccc4C(N)=N3)c2)cn1. The first-order chi connectivity index (χ1) is 14.8. The number of ketones is 1. The van der Waals surface area contributed by atoms with Crippen LogP contribution in [0.3, 0.4) is 0 Å². The minimum Gasteiger partial charge on any atom is -0.480 e. The summed E-state index contributed by atoms with van der Waals surface area (Å²) in [6, 6.07) is 5.13. The molecule has 1 aliphatic heterocycles. The number of nitrogens with zero attached hydrogens (tertiary/aromatic N) is 5. The van der Waals surface area contributed by atoms with Crippen molar-refractivity contribution >= 4 is 11.6 Å². The number of benzene rings is 1. The minimum atomic E-state index is -3.07. The topological polar surface area (TPSA) is 108 Å². The van der Waals surface area contributed by atoms with E-state index in [9.17, 15) is 18.0 Å². The van der Waals surface area contributed by atoms with E-state index < -0.39 is 30.1 Å². The lowest BCUT2D eigenvalue weighted by atomic mass is 9.87. The van der Waals surface area contributed by atoms with Crippen LogP contribution < -0.4 is 10.5 Å². The minimum absolute atomic E-state index is 0.0661. The lowest BCUT2D eigenvalue weighted by Gasteiger charge is -2.34. The third kappa shape index (κ3) is 3.62. The zero-order chi connectivity index (χ0) is 22.2. The summed E-state index contributed by atoms with van der Waals surface area (Å²) in [6.45, 7) is -0.397. The van der Waals surface area contributed by atoms with Gasteiger partial charge >= 0.3 is 0 Å². The molecule has 31 heavy (non-hydrogen) atoms. The first kappa shape index (κ1) is 20.5. The van der Waals surface area contributed by atoms with Crippen molar-refractivity contribution in [1.29, 1.82) is 0 Å². The van der Waals surface area contributed by atoms with Gasteiger partial charge < -0.3 is 10.5 Å². The number of carbonyl (C=O) groups excluding carboxylic acids is 1. The molecule has 4 rings (SSSR count). The van der Waals surface area contributed by atoms with Gasteiger partial charge in [-0.15, -0.1) is 0 Å². The van der Waals surface area contributed by atoms with E-state index in [1.165, 1.54) is 48.6 Å². The summed E-state index contributed by atoms with van der Waals surface area (Å²) in [7, 11) is 1.41. The highest BCUT2D eigenvalue weighted by atomic mass is 19.3. The van der Waals surface area contributed by atoms with Crippen molar-refractivity contribution in [1.82, 2.24) is 19.7 Å². The Bertz CT molecular complexity index is 1160. The molecule has 0 bridgehead atoms. The number of nitrogens with two attached hydrogens (primary N) is 1. The first-order valence-corrected chi connectivity index (χ1v) is 9.18. The van der Waals surface area contributed by atoms with Crippen molar-refractivity contribution in [3.05, 3.63) is 71.2 Å². The van der Waals surface area contributed by atoms with Crippen molar-refractivity contribution in [3.63, 3.8) is 0 Å². The van der Waals surface area contributed by atoms with Crippen LogP contribution in [0.2, 0.25) is 0 Å². The number of rotatable bonds is 6. The second-order valence-corrected chi connectivity index (χ2v) is 6.95. The molecule has 8 nitrogen and oxygen atoms in total. The number of fused-ring (bicyclic) bond motifs is 1. The zero-order valence-corrected chi connectivity index (χ0v) is 16.3. The van der Waals surface area contributed by atoms with Crippen molar-refractivity contribution in [2.75, 3.05) is 7.11 Å². The van der Waals surface area contributed by atoms with E-state index in [0.717, 1.165) is 6.07 Å². The Morgan fingerprint density at radius 3 is 2.77 bits per heavy atom. The van der Waals surface area contributed by atoms with E-state index >= 15 is 0 Å². The number of alkyl halides is 2. The molecule has 1 atom stereocenters. The Kier molecular flexibility index (Phi) is 5.17. The van der Waals surface area contributed by atoms with Gasteiger partial charge in [0.25, 0.3) is 6.43 Å². The van der Waals surface area contributed by atoms with Crippen LogP contribution in [0.1, 0.15) is 27.3 Å². The van der Waals surface area contributed by atoms with E-state index in [1.807, 2.05) is 0 Å². The smallest absolute Gasteiger partial charge is 0.269 e. The van der Waals surface area contributed by atoms with Gasteiger partial charge in [-0.2, -0.15) is 5.10 Å². The highest BCUT2D eigenvalue weighted by molar-refractivity contribution is 5.97. The van der Waals surface area contributed by atoms with Crippen LogP contribution in [-0.4, -0.2) is 44.9 Å². The molecule has 3 heterocycles. The van der Waals surface area contributed by atoms with Crippen molar-refractivity contribution in [2.24, 2.45) is 10.7 Å². The van der Waals surface area contributed by atoms with Gasteiger partial charge in [0.05, 0.1) is 26.0 Å². The molecule has 0 saturated heterocycles. The molecule has 160 valence electrons. The first-order valence-electron chi connectivity index (χ1n) is 9.18. The van der Waals surface area contributed by atoms with Gasteiger partial charge in [0.15, 0.2) is 11.3 Å².